The van der Waals surface area contributed by atoms with Gasteiger partial charge in [0.1, 0.15) is 0 Å². The number of benzene rings is 4. The molecule has 0 spiro atoms. The molecule has 0 atom stereocenters. The van der Waals surface area contributed by atoms with Gasteiger partial charge < -0.3 is 0 Å². The third kappa shape index (κ3) is 28.4. The van der Waals surface area contributed by atoms with Crippen LogP contribution in [-0.2, 0) is 6.18 Å². The molecule has 4 rings (SSSR count). The first-order chi connectivity index (χ1) is 22.6. The number of rotatable bonds is 1. The van der Waals surface area contributed by atoms with Gasteiger partial charge in [-0.15, -0.1) is 0 Å². The Morgan fingerprint density at radius 2 is 0.917 bits per heavy atom. The van der Waals surface area contributed by atoms with Crippen LogP contribution in [-0.4, -0.2) is 22.9 Å². The van der Waals surface area contributed by atoms with Crippen LogP contribution in [0.2, 0.25) is 0 Å². The normalized spacial score (nSPS) is 8.54. The van der Waals surface area contributed by atoms with Crippen molar-refractivity contribution in [2.24, 2.45) is 0 Å². The van der Waals surface area contributed by atoms with Crippen molar-refractivity contribution >= 4 is 44.2 Å². The number of hydrogen-bond donors (Lipinski definition) is 0. The summed E-state index contributed by atoms with van der Waals surface area (Å²) in [6.45, 7) is 13.4. The Hall–Kier alpha value is -3.81. The standard InChI is InChI=1S/C9H12.C8H7F3.C8H7N.C7H7NO2.C2H3N.CH3Br.CH3F.CH3I/c1-7-4-8(2)6-9(3)5-7;1-6-2-4-7(5-3-6)8(9,10)11;1-7-2-4-8(6-9)5-3-7;1-6-2-4-7(5-3-6)8(9)10;1-2-3;3*1-2/h4-6H,1-3H3;2-5H,1H3;2-5H,1H3;2-5H,1H3;1H3;3*1H3. The van der Waals surface area contributed by atoms with Gasteiger partial charge in [-0.25, -0.2) is 0 Å². The monoisotopic (exact) mass is 845 g/mol. The van der Waals surface area contributed by atoms with E-state index in [2.05, 4.69) is 83.6 Å². The van der Waals surface area contributed by atoms with Crippen molar-refractivity contribution in [1.29, 1.82) is 10.5 Å². The van der Waals surface area contributed by atoms with Crippen LogP contribution in [0.4, 0.5) is 23.2 Å². The topological polar surface area (TPSA) is 90.7 Å². The number of hydrogen-bond acceptors (Lipinski definition) is 4. The largest absolute Gasteiger partial charge is 0.416 e. The second kappa shape index (κ2) is 31.8. The summed E-state index contributed by atoms with van der Waals surface area (Å²) in [6, 6.07) is 29.3. The Morgan fingerprint density at radius 3 is 1.17 bits per heavy atom. The minimum absolute atomic E-state index is 0.144. The Kier molecular flexibility index (Phi) is 33.8. The lowest BCUT2D eigenvalue weighted by Gasteiger charge is -2.05. The van der Waals surface area contributed by atoms with Crippen LogP contribution in [0, 0.1) is 74.3 Å². The molecule has 0 unspecified atom stereocenters. The predicted octanol–water partition coefficient (Wildman–Crippen LogP) is 12.6. The molecule has 0 aliphatic heterocycles. The van der Waals surface area contributed by atoms with E-state index in [-0.39, 0.29) is 5.69 Å². The van der Waals surface area contributed by atoms with E-state index < -0.39 is 16.7 Å². The van der Waals surface area contributed by atoms with Crippen LogP contribution in [0.5, 0.6) is 0 Å². The van der Waals surface area contributed by atoms with Gasteiger partial charge in [0.2, 0.25) is 0 Å². The van der Waals surface area contributed by atoms with Gasteiger partial charge in [-0.05, 0) is 76.6 Å². The smallest absolute Gasteiger partial charge is 0.258 e. The maximum Gasteiger partial charge on any atom is 0.416 e. The number of non-ortho nitro benzene ring substituents is 1. The van der Waals surface area contributed by atoms with Crippen LogP contribution in [0.1, 0.15) is 51.4 Å². The molecule has 262 valence electrons. The first-order valence-corrected chi connectivity index (χ1v) is 17.7. The summed E-state index contributed by atoms with van der Waals surface area (Å²) < 4.78 is 45.3. The molecule has 0 N–H and O–H groups in total. The molecule has 0 radical (unpaired) electrons. The fraction of sp³-hybridized carbons (Fsp3) is 0.297. The second-order valence-corrected chi connectivity index (χ2v) is 9.32. The highest BCUT2D eigenvalue weighted by Gasteiger charge is 2.29. The van der Waals surface area contributed by atoms with E-state index in [1.807, 2.05) is 48.9 Å². The van der Waals surface area contributed by atoms with E-state index >= 15 is 0 Å². The molecular weight excluding hydrogens is 801 g/mol. The van der Waals surface area contributed by atoms with E-state index in [0.717, 1.165) is 28.8 Å². The van der Waals surface area contributed by atoms with Crippen LogP contribution in [0.15, 0.2) is 91.0 Å². The molecule has 4 aromatic carbocycles. The van der Waals surface area contributed by atoms with E-state index in [1.165, 1.54) is 53.4 Å². The zero-order chi connectivity index (χ0) is 38.3. The number of nitro benzene ring substituents is 1. The Bertz CT molecular complexity index is 1420. The molecule has 0 fully saturated rings. The molecule has 0 aliphatic carbocycles. The van der Waals surface area contributed by atoms with Gasteiger partial charge in [-0.3, -0.25) is 14.5 Å². The van der Waals surface area contributed by atoms with Gasteiger partial charge in [0.15, 0.2) is 0 Å². The van der Waals surface area contributed by atoms with Crippen LogP contribution >= 0.6 is 38.5 Å². The Balaban J connectivity index is -0.000000249. The Morgan fingerprint density at radius 1 is 0.646 bits per heavy atom. The third-order valence-corrected chi connectivity index (χ3v) is 5.17. The fourth-order valence-electron chi connectivity index (χ4n) is 3.24. The summed E-state index contributed by atoms with van der Waals surface area (Å²) in [5.41, 5.74) is 7.39. The molecule has 0 aliphatic rings. The van der Waals surface area contributed by atoms with Crippen LogP contribution < -0.4 is 0 Å². The molecule has 0 bridgehead atoms. The maximum absolute atomic E-state index is 11.9. The number of halogens is 6. The molecule has 5 nitrogen and oxygen atoms in total. The van der Waals surface area contributed by atoms with Crippen molar-refractivity contribution in [3.8, 4) is 12.1 Å². The molecule has 0 aromatic heterocycles. The molecule has 0 saturated heterocycles. The SMILES string of the molecule is CBr.CC#N.CF.CI.Cc1cc(C)cc(C)c1.Cc1ccc(C#N)cc1.Cc1ccc(C(F)(F)F)cc1.Cc1ccc([N+](=O)[O-])cc1. The summed E-state index contributed by atoms with van der Waals surface area (Å²) in [4.78, 5) is 11.7. The van der Waals surface area contributed by atoms with Crippen LogP contribution in [0.25, 0.3) is 0 Å². The van der Waals surface area contributed by atoms with Gasteiger partial charge in [0, 0.05) is 19.1 Å². The first-order valence-electron chi connectivity index (χ1n) is 13.9. The summed E-state index contributed by atoms with van der Waals surface area (Å²) in [5.74, 6) is 1.81. The molecule has 48 heavy (non-hydrogen) atoms. The minimum atomic E-state index is -4.21. The van der Waals surface area contributed by atoms with E-state index in [1.54, 1.807) is 25.1 Å². The van der Waals surface area contributed by atoms with Gasteiger partial charge in [-0.2, -0.15) is 23.7 Å². The Labute approximate surface area is 306 Å². The van der Waals surface area contributed by atoms with Crippen molar-refractivity contribution in [2.75, 3.05) is 17.9 Å². The summed E-state index contributed by atoms with van der Waals surface area (Å²) in [7, 11) is 0.500. The van der Waals surface area contributed by atoms with E-state index in [4.69, 9.17) is 10.5 Å². The number of nitrogens with zero attached hydrogens (tertiary/aromatic N) is 3. The lowest BCUT2D eigenvalue weighted by molar-refractivity contribution is -0.384. The molecule has 0 amide bonds. The minimum Gasteiger partial charge on any atom is -0.258 e. The summed E-state index contributed by atoms with van der Waals surface area (Å²) in [5, 5.41) is 25.8. The van der Waals surface area contributed by atoms with Crippen LogP contribution in [0.3, 0.4) is 0 Å². The van der Waals surface area contributed by atoms with Gasteiger partial charge >= 0.3 is 6.18 Å². The number of alkyl halides is 6. The van der Waals surface area contributed by atoms with Crippen molar-refractivity contribution in [1.82, 2.24) is 0 Å². The van der Waals surface area contributed by atoms with Crippen molar-refractivity contribution in [2.45, 2.75) is 54.6 Å². The highest BCUT2D eigenvalue weighted by Crippen LogP contribution is 2.28. The first kappa shape index (κ1) is 51.0. The lowest BCUT2D eigenvalue weighted by Crippen LogP contribution is -2.03. The zero-order valence-corrected chi connectivity index (χ0v) is 32.8. The molecule has 0 heterocycles. The highest BCUT2D eigenvalue weighted by molar-refractivity contribution is 14.1. The number of aryl methyl sites for hydroxylation is 6. The molecular formula is C37H45BrF4IN3O2. The molecule has 4 aromatic rings. The quantitative estimate of drug-likeness (QED) is 0.0627. The van der Waals surface area contributed by atoms with Gasteiger partial charge in [0.25, 0.3) is 5.69 Å². The predicted molar refractivity (Wildman–Crippen MR) is 204 cm³/mol. The van der Waals surface area contributed by atoms with Gasteiger partial charge in [0.05, 0.1) is 35.4 Å². The van der Waals surface area contributed by atoms with E-state index in [0.29, 0.717) is 7.18 Å². The number of nitriles is 2. The van der Waals surface area contributed by atoms with Crippen molar-refractivity contribution in [3.05, 3.63) is 146 Å². The third-order valence-electron chi connectivity index (χ3n) is 5.17. The fourth-order valence-corrected chi connectivity index (χ4v) is 3.24. The molecule has 0 saturated carbocycles. The molecule has 11 heteroatoms. The summed E-state index contributed by atoms with van der Waals surface area (Å²) >= 11 is 5.09. The number of nitro groups is 1. The van der Waals surface area contributed by atoms with Crippen molar-refractivity contribution in [3.63, 3.8) is 0 Å². The highest BCUT2D eigenvalue weighted by atomic mass is 127. The van der Waals surface area contributed by atoms with Gasteiger partial charge in [-0.1, -0.05) is 126 Å². The lowest BCUT2D eigenvalue weighted by atomic mass is 10.1. The zero-order valence-electron chi connectivity index (χ0n) is 29.1. The average Bonchev–Trinajstić information content (AvgIpc) is 3.05. The average molecular weight is 847 g/mol. The maximum atomic E-state index is 11.9. The van der Waals surface area contributed by atoms with Crippen molar-refractivity contribution < 1.29 is 22.5 Å². The second-order valence-electron chi connectivity index (χ2n) is 9.32. The van der Waals surface area contributed by atoms with E-state index in [9.17, 15) is 27.7 Å². The summed E-state index contributed by atoms with van der Waals surface area (Å²) in [6.07, 6.45) is -4.21.